The van der Waals surface area contributed by atoms with E-state index in [0.717, 1.165) is 12.3 Å². The van der Waals surface area contributed by atoms with Gasteiger partial charge in [0.15, 0.2) is 0 Å². The molecule has 6 heteroatoms. The van der Waals surface area contributed by atoms with Gasteiger partial charge in [-0.2, -0.15) is 0 Å². The van der Waals surface area contributed by atoms with Crippen LogP contribution in [0.2, 0.25) is 0 Å². The fourth-order valence-electron chi connectivity index (χ4n) is 0.959. The monoisotopic (exact) mass is 188 g/mol. The molecule has 4 nitrogen and oxygen atoms in total. The normalized spacial score (nSPS) is 10.5. The average Bonchev–Trinajstić information content (AvgIpc) is 2.03. The van der Waals surface area contributed by atoms with Crippen LogP contribution in [-0.4, -0.2) is 9.91 Å². The first kappa shape index (κ1) is 9.50. The Labute approximate surface area is 72.4 Å². The van der Waals surface area contributed by atoms with Gasteiger partial charge in [0.05, 0.1) is 10.5 Å². The molecule has 0 aromatic carbocycles. The molecule has 0 atom stereocenters. The molecule has 0 spiro atoms. The minimum absolute atomic E-state index is 0.0810. The van der Waals surface area contributed by atoms with Gasteiger partial charge in [0.1, 0.15) is 5.69 Å². The fourth-order valence-corrected chi connectivity index (χ4v) is 0.959. The van der Waals surface area contributed by atoms with Crippen molar-refractivity contribution in [2.24, 2.45) is 0 Å². The van der Waals surface area contributed by atoms with Crippen LogP contribution >= 0.6 is 0 Å². The number of halogens is 2. The van der Waals surface area contributed by atoms with E-state index in [4.69, 9.17) is 0 Å². The number of pyridine rings is 1. The second-order valence-corrected chi connectivity index (χ2v) is 2.40. The van der Waals surface area contributed by atoms with Gasteiger partial charge in [0.25, 0.3) is 12.1 Å². The number of hydrogen-bond acceptors (Lipinski definition) is 3. The van der Waals surface area contributed by atoms with Gasteiger partial charge in [-0.05, 0) is 6.92 Å². The van der Waals surface area contributed by atoms with Crippen molar-refractivity contribution in [1.29, 1.82) is 0 Å². The Kier molecular flexibility index (Phi) is 2.50. The lowest BCUT2D eigenvalue weighted by atomic mass is 10.2. The minimum Gasteiger partial charge on any atom is -0.258 e. The maximum atomic E-state index is 12.2. The first-order valence-electron chi connectivity index (χ1n) is 3.42. The van der Waals surface area contributed by atoms with Crippen LogP contribution in [0.3, 0.4) is 0 Å². The molecule has 1 aromatic rings. The van der Waals surface area contributed by atoms with Crippen molar-refractivity contribution in [2.45, 2.75) is 13.3 Å². The van der Waals surface area contributed by atoms with Crippen LogP contribution in [0.15, 0.2) is 12.3 Å². The molecule has 0 unspecified atom stereocenters. The Bertz CT molecular complexity index is 341. The Hall–Kier alpha value is -1.59. The summed E-state index contributed by atoms with van der Waals surface area (Å²) in [5.74, 6) is 0. The summed E-state index contributed by atoms with van der Waals surface area (Å²) < 4.78 is 24.4. The number of rotatable bonds is 2. The molecule has 70 valence electrons. The Morgan fingerprint density at radius 3 is 2.69 bits per heavy atom. The van der Waals surface area contributed by atoms with Crippen LogP contribution in [0.25, 0.3) is 0 Å². The lowest BCUT2D eigenvalue weighted by molar-refractivity contribution is -0.385. The van der Waals surface area contributed by atoms with Crippen LogP contribution in [0.1, 0.15) is 17.7 Å². The van der Waals surface area contributed by atoms with Crippen LogP contribution in [0.5, 0.6) is 0 Å². The van der Waals surface area contributed by atoms with Crippen molar-refractivity contribution in [3.05, 3.63) is 33.6 Å². The van der Waals surface area contributed by atoms with E-state index in [1.165, 1.54) is 6.92 Å². The number of hydrogen-bond donors (Lipinski definition) is 0. The van der Waals surface area contributed by atoms with E-state index in [9.17, 15) is 18.9 Å². The third-order valence-electron chi connectivity index (χ3n) is 1.62. The Morgan fingerprint density at radius 1 is 1.62 bits per heavy atom. The molecule has 1 aromatic heterocycles. The molecule has 1 heterocycles. The number of nitro groups is 1. The number of nitrogens with zero attached hydrogens (tertiary/aromatic N) is 2. The minimum atomic E-state index is -2.78. The van der Waals surface area contributed by atoms with Gasteiger partial charge in [0.2, 0.25) is 0 Å². The third-order valence-corrected chi connectivity index (χ3v) is 1.62. The molecular formula is C7H6F2N2O2. The number of aromatic nitrogens is 1. The highest BCUT2D eigenvalue weighted by Gasteiger charge is 2.19. The van der Waals surface area contributed by atoms with Gasteiger partial charge in [-0.1, -0.05) is 0 Å². The van der Waals surface area contributed by atoms with Crippen molar-refractivity contribution in [3.8, 4) is 0 Å². The van der Waals surface area contributed by atoms with Gasteiger partial charge in [0, 0.05) is 12.3 Å². The van der Waals surface area contributed by atoms with Crippen LogP contribution in [0.4, 0.5) is 14.5 Å². The smallest absolute Gasteiger partial charge is 0.258 e. The first-order valence-corrected chi connectivity index (χ1v) is 3.42. The van der Waals surface area contributed by atoms with Crippen molar-refractivity contribution in [3.63, 3.8) is 0 Å². The quantitative estimate of drug-likeness (QED) is 0.528. The van der Waals surface area contributed by atoms with Crippen molar-refractivity contribution in [2.75, 3.05) is 0 Å². The molecule has 0 N–H and O–H groups in total. The SMILES string of the molecule is Cc1c([N+](=O)[O-])ccnc1C(F)F. The average molecular weight is 188 g/mol. The molecule has 0 amide bonds. The summed E-state index contributed by atoms with van der Waals surface area (Å²) in [6.07, 6.45) is -1.77. The fraction of sp³-hybridized carbons (Fsp3) is 0.286. The molecule has 1 rings (SSSR count). The summed E-state index contributed by atoms with van der Waals surface area (Å²) in [6, 6.07) is 1.10. The highest BCUT2D eigenvalue weighted by molar-refractivity contribution is 5.41. The summed E-state index contributed by atoms with van der Waals surface area (Å²) in [6.45, 7) is 1.26. The number of alkyl halides is 2. The van der Waals surface area contributed by atoms with Crippen molar-refractivity contribution in [1.82, 2.24) is 4.98 Å². The van der Waals surface area contributed by atoms with Crippen LogP contribution in [-0.2, 0) is 0 Å². The van der Waals surface area contributed by atoms with E-state index >= 15 is 0 Å². The molecule has 0 radical (unpaired) electrons. The van der Waals surface area contributed by atoms with E-state index in [2.05, 4.69) is 4.98 Å². The van der Waals surface area contributed by atoms with Gasteiger partial charge in [-0.15, -0.1) is 0 Å². The zero-order chi connectivity index (χ0) is 10.0. The maximum Gasteiger partial charge on any atom is 0.280 e. The second-order valence-electron chi connectivity index (χ2n) is 2.40. The summed E-state index contributed by atoms with van der Waals surface area (Å²) in [7, 11) is 0. The van der Waals surface area contributed by atoms with Gasteiger partial charge in [-0.3, -0.25) is 15.1 Å². The molecule has 13 heavy (non-hydrogen) atoms. The second kappa shape index (κ2) is 3.42. The topological polar surface area (TPSA) is 56.0 Å². The standard InChI is InChI=1S/C7H6F2N2O2/c1-4-5(11(12)13)2-3-10-6(4)7(8)9/h2-3,7H,1H3. The maximum absolute atomic E-state index is 12.2. The van der Waals surface area contributed by atoms with Crippen molar-refractivity contribution < 1.29 is 13.7 Å². The van der Waals surface area contributed by atoms with E-state index in [-0.39, 0.29) is 11.3 Å². The first-order chi connectivity index (χ1) is 6.04. The van der Waals surface area contributed by atoms with E-state index in [0.29, 0.717) is 0 Å². The van der Waals surface area contributed by atoms with E-state index < -0.39 is 17.0 Å². The van der Waals surface area contributed by atoms with Crippen molar-refractivity contribution >= 4 is 5.69 Å². The molecule has 0 bridgehead atoms. The Morgan fingerprint density at radius 2 is 2.23 bits per heavy atom. The van der Waals surface area contributed by atoms with Crippen LogP contribution < -0.4 is 0 Å². The molecule has 0 fully saturated rings. The third kappa shape index (κ3) is 1.77. The highest BCUT2D eigenvalue weighted by atomic mass is 19.3. The molecular weight excluding hydrogens is 182 g/mol. The molecule has 0 aliphatic heterocycles. The highest BCUT2D eigenvalue weighted by Crippen LogP contribution is 2.26. The van der Waals surface area contributed by atoms with Gasteiger partial charge in [-0.25, -0.2) is 8.78 Å². The zero-order valence-electron chi connectivity index (χ0n) is 6.70. The summed E-state index contributed by atoms with van der Waals surface area (Å²) in [4.78, 5) is 13.0. The molecule has 0 saturated carbocycles. The molecule has 0 aliphatic carbocycles. The Balaban J connectivity index is 3.26. The van der Waals surface area contributed by atoms with E-state index in [1.54, 1.807) is 0 Å². The summed E-state index contributed by atoms with van der Waals surface area (Å²) >= 11 is 0. The van der Waals surface area contributed by atoms with E-state index in [1.807, 2.05) is 0 Å². The summed E-state index contributed by atoms with van der Waals surface area (Å²) in [5, 5.41) is 10.3. The van der Waals surface area contributed by atoms with Gasteiger partial charge >= 0.3 is 0 Å². The molecule has 0 aliphatic rings. The molecule has 0 saturated heterocycles. The van der Waals surface area contributed by atoms with Gasteiger partial charge < -0.3 is 0 Å². The van der Waals surface area contributed by atoms with Crippen LogP contribution in [0, 0.1) is 17.0 Å². The predicted molar refractivity (Wildman–Crippen MR) is 40.6 cm³/mol. The largest absolute Gasteiger partial charge is 0.280 e. The lowest BCUT2D eigenvalue weighted by Gasteiger charge is -2.02. The predicted octanol–water partition coefficient (Wildman–Crippen LogP) is 2.24. The lowest BCUT2D eigenvalue weighted by Crippen LogP contribution is -1.99. The zero-order valence-corrected chi connectivity index (χ0v) is 6.70. The summed E-state index contributed by atoms with van der Waals surface area (Å²) in [5.41, 5.74) is -0.943.